The van der Waals surface area contributed by atoms with E-state index >= 15 is 0 Å². The molecule has 124 valence electrons. The van der Waals surface area contributed by atoms with E-state index in [0.29, 0.717) is 0 Å². The highest BCUT2D eigenvalue weighted by Crippen LogP contribution is 2.40. The van der Waals surface area contributed by atoms with Gasteiger partial charge in [-0.1, -0.05) is 84.9 Å². The highest BCUT2D eigenvalue weighted by Gasteiger charge is 2.19. The fourth-order valence-corrected chi connectivity index (χ4v) is 4.17. The molecule has 0 saturated heterocycles. The summed E-state index contributed by atoms with van der Waals surface area (Å²) in [6, 6.07) is 30.7. The smallest absolute Gasteiger partial charge is 0.00133 e. The summed E-state index contributed by atoms with van der Waals surface area (Å²) in [5, 5.41) is 2.62. The summed E-state index contributed by atoms with van der Waals surface area (Å²) in [5.74, 6) is 0. The third-order valence-electron chi connectivity index (χ3n) is 5.47. The first-order chi connectivity index (χ1) is 12.8. The van der Waals surface area contributed by atoms with Crippen molar-refractivity contribution < 1.29 is 0 Å². The third-order valence-corrected chi connectivity index (χ3v) is 5.47. The van der Waals surface area contributed by atoms with Gasteiger partial charge < -0.3 is 0 Å². The van der Waals surface area contributed by atoms with Gasteiger partial charge in [-0.15, -0.1) is 0 Å². The molecule has 0 aliphatic heterocycles. The Hall–Kier alpha value is -3.12. The minimum Gasteiger partial charge on any atom is -0.0620 e. The molecule has 0 bridgehead atoms. The van der Waals surface area contributed by atoms with Crippen LogP contribution in [0.25, 0.3) is 33.5 Å². The van der Waals surface area contributed by atoms with Gasteiger partial charge in [0.15, 0.2) is 0 Å². The molecule has 0 heteroatoms. The molecule has 1 aliphatic carbocycles. The van der Waals surface area contributed by atoms with Crippen molar-refractivity contribution in [1.82, 2.24) is 0 Å². The van der Waals surface area contributed by atoms with Gasteiger partial charge in [-0.05, 0) is 69.1 Å². The van der Waals surface area contributed by atoms with Crippen LogP contribution in [-0.2, 0) is 6.42 Å². The lowest BCUT2D eigenvalue weighted by Gasteiger charge is -2.11. The number of benzene rings is 4. The molecule has 0 unspecified atom stereocenters. The molecular formula is C26H20. The molecule has 4 aromatic carbocycles. The molecule has 0 nitrogen and oxygen atoms in total. The minimum atomic E-state index is 1.01. The van der Waals surface area contributed by atoms with Crippen LogP contribution < -0.4 is 0 Å². The van der Waals surface area contributed by atoms with Gasteiger partial charge >= 0.3 is 0 Å². The quantitative estimate of drug-likeness (QED) is 0.374. The Morgan fingerprint density at radius 1 is 0.615 bits per heavy atom. The fraction of sp³-hybridized carbons (Fsp3) is 0.0769. The van der Waals surface area contributed by atoms with E-state index in [-0.39, 0.29) is 0 Å². The lowest BCUT2D eigenvalue weighted by molar-refractivity contribution is 1.30. The van der Waals surface area contributed by atoms with Crippen LogP contribution in [0.3, 0.4) is 0 Å². The van der Waals surface area contributed by atoms with E-state index in [1.54, 1.807) is 0 Å². The number of hydrogen-bond acceptors (Lipinski definition) is 0. The Morgan fingerprint density at radius 2 is 1.31 bits per heavy atom. The molecule has 0 heterocycles. The highest BCUT2D eigenvalue weighted by atomic mass is 14.2. The average Bonchev–Trinajstić information content (AvgIpc) is 3.12. The number of aryl methyl sites for hydroxylation is 1. The molecule has 0 saturated carbocycles. The molecule has 0 aromatic heterocycles. The van der Waals surface area contributed by atoms with E-state index in [2.05, 4.69) is 97.9 Å². The van der Waals surface area contributed by atoms with Crippen molar-refractivity contribution in [3.05, 3.63) is 107 Å². The predicted molar refractivity (Wildman–Crippen MR) is 112 cm³/mol. The monoisotopic (exact) mass is 332 g/mol. The minimum absolute atomic E-state index is 1.01. The van der Waals surface area contributed by atoms with E-state index in [0.717, 1.165) is 6.42 Å². The van der Waals surface area contributed by atoms with Crippen LogP contribution in [0.4, 0.5) is 0 Å². The molecule has 0 N–H and O–H groups in total. The average molecular weight is 332 g/mol. The summed E-state index contributed by atoms with van der Waals surface area (Å²) in [7, 11) is 0. The van der Waals surface area contributed by atoms with Gasteiger partial charge in [-0.3, -0.25) is 0 Å². The molecule has 1 aliphatic rings. The first kappa shape index (κ1) is 15.2. The zero-order valence-corrected chi connectivity index (χ0v) is 14.9. The normalized spacial score (nSPS) is 12.9. The largest absolute Gasteiger partial charge is 0.0620 e. The Kier molecular flexibility index (Phi) is 3.50. The fourth-order valence-electron chi connectivity index (χ4n) is 4.17. The second-order valence-electron chi connectivity index (χ2n) is 7.07. The van der Waals surface area contributed by atoms with Crippen LogP contribution in [0.2, 0.25) is 0 Å². The maximum atomic E-state index is 2.40. The topological polar surface area (TPSA) is 0 Å². The van der Waals surface area contributed by atoms with E-state index in [9.17, 15) is 0 Å². The van der Waals surface area contributed by atoms with Gasteiger partial charge in [0.2, 0.25) is 0 Å². The summed E-state index contributed by atoms with van der Waals surface area (Å²) in [5.41, 5.74) is 9.59. The van der Waals surface area contributed by atoms with Crippen molar-refractivity contribution in [3.63, 3.8) is 0 Å². The van der Waals surface area contributed by atoms with Gasteiger partial charge in [-0.2, -0.15) is 0 Å². The van der Waals surface area contributed by atoms with Crippen molar-refractivity contribution in [2.24, 2.45) is 0 Å². The zero-order chi connectivity index (χ0) is 17.5. The van der Waals surface area contributed by atoms with Crippen LogP contribution in [0.5, 0.6) is 0 Å². The van der Waals surface area contributed by atoms with E-state index in [1.807, 2.05) is 0 Å². The van der Waals surface area contributed by atoms with Crippen molar-refractivity contribution in [2.75, 3.05) is 0 Å². The van der Waals surface area contributed by atoms with Crippen LogP contribution >= 0.6 is 0 Å². The van der Waals surface area contributed by atoms with Gasteiger partial charge in [0.1, 0.15) is 0 Å². The van der Waals surface area contributed by atoms with Gasteiger partial charge in [0.05, 0.1) is 0 Å². The third kappa shape index (κ3) is 2.38. The Labute approximate surface area is 154 Å². The summed E-state index contributed by atoms with van der Waals surface area (Å²) in [6.45, 7) is 2.20. The highest BCUT2D eigenvalue weighted by molar-refractivity contribution is 6.01. The second-order valence-corrected chi connectivity index (χ2v) is 7.07. The van der Waals surface area contributed by atoms with Gasteiger partial charge in [0.25, 0.3) is 0 Å². The Morgan fingerprint density at radius 3 is 2.23 bits per heavy atom. The zero-order valence-electron chi connectivity index (χ0n) is 14.9. The number of rotatable bonds is 2. The van der Waals surface area contributed by atoms with Crippen molar-refractivity contribution >= 4 is 22.4 Å². The molecule has 5 rings (SSSR count). The van der Waals surface area contributed by atoms with Gasteiger partial charge in [0, 0.05) is 0 Å². The molecular weight excluding hydrogens is 312 g/mol. The first-order valence-corrected chi connectivity index (χ1v) is 9.18. The predicted octanol–water partition coefficient (Wildman–Crippen LogP) is 6.91. The van der Waals surface area contributed by atoms with Crippen LogP contribution in [0.1, 0.15) is 22.3 Å². The van der Waals surface area contributed by atoms with E-state index in [1.165, 1.54) is 49.7 Å². The molecule has 0 atom stereocenters. The second kappa shape index (κ2) is 6.00. The summed E-state index contributed by atoms with van der Waals surface area (Å²) in [6.07, 6.45) is 3.41. The Balaban J connectivity index is 1.71. The molecule has 0 fully saturated rings. The van der Waals surface area contributed by atoms with Crippen molar-refractivity contribution in [1.29, 1.82) is 0 Å². The summed E-state index contributed by atoms with van der Waals surface area (Å²) in [4.78, 5) is 0. The molecule has 4 aromatic rings. The standard InChI is InChI=1S/C26H20/c1-18-8-2-4-12-22(18)21-16-20-11-7-15-25(26(20)17-21)24-14-6-10-19-9-3-5-13-23(19)24/h2-15,17H,16H2,1H3. The Bertz CT molecular complexity index is 1160. The molecule has 26 heavy (non-hydrogen) atoms. The SMILES string of the molecule is Cc1ccccc1C1=Cc2c(cccc2-c2cccc3ccccc23)C1. The maximum absolute atomic E-state index is 2.40. The molecule has 0 amide bonds. The number of fused-ring (bicyclic) bond motifs is 2. The van der Waals surface area contributed by atoms with Crippen molar-refractivity contribution in [2.45, 2.75) is 13.3 Å². The van der Waals surface area contributed by atoms with Crippen LogP contribution in [0, 0.1) is 6.92 Å². The molecule has 0 spiro atoms. The maximum Gasteiger partial charge on any atom is -0.00133 e. The van der Waals surface area contributed by atoms with E-state index < -0.39 is 0 Å². The van der Waals surface area contributed by atoms with Crippen LogP contribution in [0.15, 0.2) is 84.9 Å². The lowest BCUT2D eigenvalue weighted by atomic mass is 9.93. The van der Waals surface area contributed by atoms with Crippen LogP contribution in [-0.4, -0.2) is 0 Å². The van der Waals surface area contributed by atoms with Gasteiger partial charge in [-0.25, -0.2) is 0 Å². The first-order valence-electron chi connectivity index (χ1n) is 9.18. The summed E-state index contributed by atoms with van der Waals surface area (Å²) < 4.78 is 0. The lowest BCUT2D eigenvalue weighted by Crippen LogP contribution is -1.90. The summed E-state index contributed by atoms with van der Waals surface area (Å²) >= 11 is 0. The number of hydrogen-bond donors (Lipinski definition) is 0. The van der Waals surface area contributed by atoms with Crippen molar-refractivity contribution in [3.8, 4) is 11.1 Å². The van der Waals surface area contributed by atoms with E-state index in [4.69, 9.17) is 0 Å². The number of allylic oxidation sites excluding steroid dienone is 1. The molecule has 0 radical (unpaired) electrons.